The molecule has 47 heavy (non-hydrogen) atoms. The van der Waals surface area contributed by atoms with Crippen molar-refractivity contribution in [3.8, 4) is 16.9 Å². The number of hydrogen-bond acceptors (Lipinski definition) is 9. The summed E-state index contributed by atoms with van der Waals surface area (Å²) in [6.45, 7) is 7.48. The van der Waals surface area contributed by atoms with Gasteiger partial charge in [-0.3, -0.25) is 24.4 Å². The molecule has 4 aromatic rings. The lowest BCUT2D eigenvalue weighted by Crippen LogP contribution is -2.27. The van der Waals surface area contributed by atoms with Gasteiger partial charge in [-0.05, 0) is 61.4 Å². The maximum absolute atomic E-state index is 13.4. The van der Waals surface area contributed by atoms with Crippen molar-refractivity contribution in [2.24, 2.45) is 5.92 Å². The van der Waals surface area contributed by atoms with E-state index in [4.69, 9.17) is 11.3 Å². The number of para-hydroxylation sites is 1. The molecule has 238 valence electrons. The monoisotopic (exact) mass is 631 g/mol. The Morgan fingerprint density at radius 1 is 1.02 bits per heavy atom. The van der Waals surface area contributed by atoms with Crippen LogP contribution in [0.25, 0.3) is 16.0 Å². The first-order valence-electron chi connectivity index (χ1n) is 15.2. The van der Waals surface area contributed by atoms with Crippen LogP contribution in [-0.4, -0.2) is 64.0 Å². The highest BCUT2D eigenvalue weighted by Gasteiger charge is 2.31. The molecule has 0 radical (unpaired) electrons. The van der Waals surface area contributed by atoms with E-state index in [-0.39, 0.29) is 41.7 Å². The molecule has 13 heteroatoms. The molecule has 0 aliphatic heterocycles. The second-order valence-electron chi connectivity index (χ2n) is 11.6. The van der Waals surface area contributed by atoms with Crippen LogP contribution in [0.4, 0.5) is 22.9 Å². The van der Waals surface area contributed by atoms with E-state index in [1.54, 1.807) is 44.8 Å². The van der Waals surface area contributed by atoms with E-state index in [1.165, 1.54) is 11.9 Å². The minimum atomic E-state index is -0.449. The Morgan fingerprint density at radius 2 is 1.83 bits per heavy atom. The van der Waals surface area contributed by atoms with Crippen LogP contribution < -0.4 is 20.7 Å². The number of carbonyl (C=O) groups is 3. The van der Waals surface area contributed by atoms with Gasteiger partial charge in [0.05, 0.1) is 31.6 Å². The Morgan fingerprint density at radius 3 is 2.53 bits per heavy atom. The Bertz CT molecular complexity index is 1910. The summed E-state index contributed by atoms with van der Waals surface area (Å²) in [5.74, 6) is 0.137. The van der Waals surface area contributed by atoms with Crippen molar-refractivity contribution in [2.75, 3.05) is 31.8 Å². The smallest absolute Gasteiger partial charge is 0.273 e. The summed E-state index contributed by atoms with van der Waals surface area (Å²) in [6.07, 6.45) is 6.91. The Labute approximate surface area is 271 Å². The number of benzene rings is 1. The van der Waals surface area contributed by atoms with Gasteiger partial charge in [-0.25, -0.2) is 4.85 Å². The normalized spacial score (nSPS) is 13.7. The zero-order valence-electron chi connectivity index (χ0n) is 26.2. The van der Waals surface area contributed by atoms with Crippen molar-refractivity contribution in [2.45, 2.75) is 38.1 Å². The fourth-order valence-electron chi connectivity index (χ4n) is 5.30. The van der Waals surface area contributed by atoms with Crippen molar-refractivity contribution in [1.82, 2.24) is 30.4 Å². The van der Waals surface area contributed by atoms with Gasteiger partial charge >= 0.3 is 0 Å². The number of nitrogens with one attached hydrogen (secondary N) is 3. The van der Waals surface area contributed by atoms with Crippen LogP contribution in [0.15, 0.2) is 54.9 Å². The molecule has 2 fully saturated rings. The summed E-state index contributed by atoms with van der Waals surface area (Å²) in [6, 6.07) is 12.3. The van der Waals surface area contributed by atoms with E-state index in [0.29, 0.717) is 34.2 Å². The number of nitrogens with zero attached hydrogens (tertiary/aromatic N) is 6. The van der Waals surface area contributed by atoms with Crippen molar-refractivity contribution in [1.29, 1.82) is 0 Å². The molecule has 13 nitrogen and oxygen atoms in total. The molecule has 0 unspecified atom stereocenters. The molecule has 2 aliphatic carbocycles. The number of pyridine rings is 2. The van der Waals surface area contributed by atoms with Gasteiger partial charge < -0.3 is 25.6 Å². The lowest BCUT2D eigenvalue weighted by atomic mass is 9.96. The average Bonchev–Trinajstić information content (AvgIpc) is 4.01. The molecule has 0 spiro atoms. The van der Waals surface area contributed by atoms with Gasteiger partial charge in [0.25, 0.3) is 11.8 Å². The van der Waals surface area contributed by atoms with Crippen LogP contribution in [0.1, 0.15) is 63.8 Å². The van der Waals surface area contributed by atoms with Crippen LogP contribution in [0.3, 0.4) is 0 Å². The zero-order valence-corrected chi connectivity index (χ0v) is 26.2. The van der Waals surface area contributed by atoms with E-state index < -0.39 is 5.91 Å². The van der Waals surface area contributed by atoms with E-state index in [2.05, 4.69) is 41.0 Å². The van der Waals surface area contributed by atoms with Crippen LogP contribution >= 0.6 is 0 Å². The highest BCUT2D eigenvalue weighted by atomic mass is 16.5. The van der Waals surface area contributed by atoms with Crippen molar-refractivity contribution >= 4 is 40.6 Å². The molecule has 3 heterocycles. The number of methoxy groups -OCH3 is 1. The summed E-state index contributed by atoms with van der Waals surface area (Å²) in [5, 5.41) is 16.8. The van der Waals surface area contributed by atoms with Gasteiger partial charge in [0.2, 0.25) is 5.91 Å². The van der Waals surface area contributed by atoms with Crippen molar-refractivity contribution in [3.05, 3.63) is 88.9 Å². The summed E-state index contributed by atoms with van der Waals surface area (Å²) >= 11 is 0. The fraction of sp³-hybridized carbons (Fsp3) is 0.294. The third kappa shape index (κ3) is 6.86. The van der Waals surface area contributed by atoms with Crippen LogP contribution in [0, 0.1) is 12.5 Å². The van der Waals surface area contributed by atoms with Gasteiger partial charge in [-0.15, -0.1) is 10.2 Å². The van der Waals surface area contributed by atoms with Gasteiger partial charge in [0, 0.05) is 55.3 Å². The maximum atomic E-state index is 13.4. The summed E-state index contributed by atoms with van der Waals surface area (Å²) in [7, 11) is 4.74. The van der Waals surface area contributed by atoms with Gasteiger partial charge in [-0.1, -0.05) is 12.1 Å². The lowest BCUT2D eigenvalue weighted by molar-refractivity contribution is -0.117. The topological polar surface area (TPSA) is 156 Å². The Hall–Kier alpha value is -5.90. The SMILES string of the molecule is [C-]#[N+]c1ccnc(CN(C)C(=O)c2cc(C3CC3)c(-c3cccc(Nc4cc(NC(=O)C5CC5)nnc4C(=O)NC)c3OC)cn2)c1. The first kappa shape index (κ1) is 31.1. The number of rotatable bonds is 11. The predicted molar refractivity (Wildman–Crippen MR) is 175 cm³/mol. The zero-order chi connectivity index (χ0) is 33.1. The molecular formula is C34H33N9O4. The third-order valence-electron chi connectivity index (χ3n) is 8.06. The molecule has 0 atom stereocenters. The minimum Gasteiger partial charge on any atom is -0.494 e. The molecule has 2 saturated carbocycles. The molecule has 1 aromatic carbocycles. The first-order chi connectivity index (χ1) is 22.8. The summed E-state index contributed by atoms with van der Waals surface area (Å²) in [4.78, 5) is 52.3. The predicted octanol–water partition coefficient (Wildman–Crippen LogP) is 5.09. The highest BCUT2D eigenvalue weighted by molar-refractivity contribution is 6.00. The average molecular weight is 632 g/mol. The number of ether oxygens (including phenoxy) is 1. The number of aromatic nitrogens is 4. The molecule has 3 amide bonds. The quantitative estimate of drug-likeness (QED) is 0.192. The number of carbonyl (C=O) groups excluding carboxylic acids is 3. The molecule has 2 aliphatic rings. The van der Waals surface area contributed by atoms with Crippen LogP contribution in [0.5, 0.6) is 5.75 Å². The third-order valence-corrected chi connectivity index (χ3v) is 8.06. The van der Waals surface area contributed by atoms with Gasteiger partial charge in [0.15, 0.2) is 17.2 Å². The van der Waals surface area contributed by atoms with Crippen LogP contribution in [0.2, 0.25) is 0 Å². The minimum absolute atomic E-state index is 0.0283. The lowest BCUT2D eigenvalue weighted by Gasteiger charge is -2.20. The van der Waals surface area contributed by atoms with E-state index in [0.717, 1.165) is 42.4 Å². The number of amides is 3. The van der Waals surface area contributed by atoms with Crippen LogP contribution in [-0.2, 0) is 11.3 Å². The van der Waals surface area contributed by atoms with Crippen molar-refractivity contribution in [3.63, 3.8) is 0 Å². The summed E-state index contributed by atoms with van der Waals surface area (Å²) in [5.41, 5.74) is 4.90. The largest absolute Gasteiger partial charge is 0.494 e. The second kappa shape index (κ2) is 13.2. The molecule has 0 saturated heterocycles. The maximum Gasteiger partial charge on any atom is 0.273 e. The Balaban J connectivity index is 1.31. The van der Waals surface area contributed by atoms with Gasteiger partial charge in [0.1, 0.15) is 11.4 Å². The molecular weight excluding hydrogens is 598 g/mol. The Kier molecular flexibility index (Phi) is 8.75. The molecule has 3 N–H and O–H groups in total. The van der Waals surface area contributed by atoms with Gasteiger partial charge in [-0.2, -0.15) is 0 Å². The van der Waals surface area contributed by atoms with Crippen molar-refractivity contribution < 1.29 is 19.1 Å². The molecule has 3 aromatic heterocycles. The number of anilines is 3. The second-order valence-corrected chi connectivity index (χ2v) is 11.6. The fourth-order valence-corrected chi connectivity index (χ4v) is 5.30. The van der Waals surface area contributed by atoms with E-state index in [1.807, 2.05) is 24.3 Å². The highest BCUT2D eigenvalue weighted by Crippen LogP contribution is 2.47. The van der Waals surface area contributed by atoms with E-state index in [9.17, 15) is 14.4 Å². The standard InChI is InChI=1S/C34H33N9O4/c1-35-21-12-13-37-22(14-21)18-43(3)34(46)28-15-24(19-8-9-19)25(17-38-28)23-6-5-7-26(31(23)47-4)39-27-16-29(40-32(44)20-10-11-20)41-42-30(27)33(45)36-2/h5-7,12-17,19-20H,8-11,18H2,2-4H3,(H,36,45)(H2,39,40,41,44). The number of hydrogen-bond donors (Lipinski definition) is 3. The first-order valence-corrected chi connectivity index (χ1v) is 15.2. The molecule has 0 bridgehead atoms. The summed E-state index contributed by atoms with van der Waals surface area (Å²) < 4.78 is 5.92. The van der Waals surface area contributed by atoms with E-state index >= 15 is 0 Å². The molecule has 6 rings (SSSR count).